The highest BCUT2D eigenvalue weighted by Crippen LogP contribution is 2.46. The molecule has 0 aliphatic carbocycles. The summed E-state index contributed by atoms with van der Waals surface area (Å²) in [5.41, 5.74) is 2.47. The van der Waals surface area contributed by atoms with Crippen molar-refractivity contribution in [2.24, 2.45) is 0 Å². The fourth-order valence-corrected chi connectivity index (χ4v) is 3.38. The van der Waals surface area contributed by atoms with Crippen molar-refractivity contribution in [1.82, 2.24) is 15.0 Å². The highest BCUT2D eigenvalue weighted by Gasteiger charge is 2.26. The molecular formula is C17H16N3O3P. The van der Waals surface area contributed by atoms with Gasteiger partial charge in [0.05, 0.1) is 28.1 Å². The van der Waals surface area contributed by atoms with Crippen molar-refractivity contribution in [3.8, 4) is 22.8 Å². The molecule has 0 atom stereocenters. The van der Waals surface area contributed by atoms with Gasteiger partial charge in [0.25, 0.3) is 0 Å². The lowest BCUT2D eigenvalue weighted by atomic mass is 10.2. The van der Waals surface area contributed by atoms with Crippen molar-refractivity contribution in [3.63, 3.8) is 0 Å². The molecule has 0 amide bonds. The van der Waals surface area contributed by atoms with Crippen molar-refractivity contribution >= 4 is 12.9 Å². The highest BCUT2D eigenvalue weighted by atomic mass is 31.2. The van der Waals surface area contributed by atoms with Gasteiger partial charge in [-0.25, -0.2) is 4.98 Å². The molecule has 0 bridgehead atoms. The van der Waals surface area contributed by atoms with Gasteiger partial charge in [0.15, 0.2) is 0 Å². The quantitative estimate of drug-likeness (QED) is 0.663. The molecule has 0 saturated carbocycles. The molecular weight excluding hydrogens is 325 g/mol. The topological polar surface area (TPSA) is 74.2 Å². The molecule has 0 aliphatic rings. The van der Waals surface area contributed by atoms with Gasteiger partial charge >= 0.3 is 7.60 Å². The molecule has 3 heterocycles. The van der Waals surface area contributed by atoms with Gasteiger partial charge in [0.1, 0.15) is 0 Å². The fourth-order valence-electron chi connectivity index (χ4n) is 2.25. The van der Waals surface area contributed by atoms with Gasteiger partial charge in [-0.2, -0.15) is 0 Å². The maximum Gasteiger partial charge on any atom is 0.360 e. The average molecular weight is 341 g/mol. The summed E-state index contributed by atoms with van der Waals surface area (Å²) in [5.74, 6) is 0. The van der Waals surface area contributed by atoms with E-state index in [4.69, 9.17) is 9.05 Å². The molecule has 0 aromatic carbocycles. The first kappa shape index (κ1) is 16.5. The van der Waals surface area contributed by atoms with Crippen molar-refractivity contribution in [2.45, 2.75) is 0 Å². The molecule has 0 spiro atoms. The van der Waals surface area contributed by atoms with Crippen LogP contribution in [0, 0.1) is 0 Å². The van der Waals surface area contributed by atoms with E-state index in [1.807, 2.05) is 36.4 Å². The molecule has 0 N–H and O–H groups in total. The van der Waals surface area contributed by atoms with Crippen LogP contribution in [-0.2, 0) is 13.6 Å². The van der Waals surface area contributed by atoms with Gasteiger partial charge in [-0.05, 0) is 36.4 Å². The molecule has 0 unspecified atom stereocenters. The van der Waals surface area contributed by atoms with Crippen molar-refractivity contribution < 1.29 is 13.6 Å². The average Bonchev–Trinajstić information content (AvgIpc) is 2.68. The molecule has 0 radical (unpaired) electrons. The van der Waals surface area contributed by atoms with Crippen LogP contribution in [0.25, 0.3) is 22.8 Å². The van der Waals surface area contributed by atoms with E-state index in [0.717, 1.165) is 0 Å². The normalized spacial score (nSPS) is 11.4. The van der Waals surface area contributed by atoms with Gasteiger partial charge in [-0.3, -0.25) is 14.5 Å². The SMILES string of the molecule is COP(=O)(OC)c1cc(-c2ccccn2)nc(-c2ccccn2)c1. The largest absolute Gasteiger partial charge is 0.360 e. The number of nitrogens with zero attached hydrogens (tertiary/aromatic N) is 3. The van der Waals surface area contributed by atoms with Crippen LogP contribution < -0.4 is 5.30 Å². The van der Waals surface area contributed by atoms with E-state index in [2.05, 4.69) is 15.0 Å². The second kappa shape index (κ2) is 7.01. The Hall–Kier alpha value is -2.40. The third-order valence-corrected chi connectivity index (χ3v) is 5.31. The van der Waals surface area contributed by atoms with E-state index < -0.39 is 7.60 Å². The number of hydrogen-bond acceptors (Lipinski definition) is 6. The summed E-state index contributed by atoms with van der Waals surface area (Å²) < 4.78 is 23.0. The molecule has 0 fully saturated rings. The zero-order valence-electron chi connectivity index (χ0n) is 13.3. The Balaban J connectivity index is 2.22. The van der Waals surface area contributed by atoms with Crippen LogP contribution in [0.5, 0.6) is 0 Å². The van der Waals surface area contributed by atoms with Crippen LogP contribution >= 0.6 is 7.60 Å². The van der Waals surface area contributed by atoms with Crippen LogP contribution in [0.2, 0.25) is 0 Å². The molecule has 3 aromatic heterocycles. The lowest BCUT2D eigenvalue weighted by Crippen LogP contribution is -2.10. The molecule has 3 rings (SSSR count). The Morgan fingerprint density at radius 2 is 1.29 bits per heavy atom. The number of rotatable bonds is 5. The van der Waals surface area contributed by atoms with E-state index in [1.54, 1.807) is 24.5 Å². The third-order valence-electron chi connectivity index (χ3n) is 3.46. The smallest absolute Gasteiger partial charge is 0.309 e. The van der Waals surface area contributed by atoms with E-state index in [9.17, 15) is 4.57 Å². The fraction of sp³-hybridized carbons (Fsp3) is 0.118. The Bertz CT molecular complexity index is 807. The molecule has 7 heteroatoms. The summed E-state index contributed by atoms with van der Waals surface area (Å²) in [6, 6.07) is 14.4. The summed E-state index contributed by atoms with van der Waals surface area (Å²) in [4.78, 5) is 13.2. The zero-order chi connectivity index (χ0) is 17.0. The number of pyridine rings is 3. The molecule has 122 valence electrons. The summed E-state index contributed by atoms with van der Waals surface area (Å²) in [6.07, 6.45) is 3.35. The van der Waals surface area contributed by atoms with Crippen LogP contribution in [-0.4, -0.2) is 29.2 Å². The minimum absolute atomic E-state index is 0.406. The zero-order valence-corrected chi connectivity index (χ0v) is 14.2. The van der Waals surface area contributed by atoms with Crippen LogP contribution in [0.4, 0.5) is 0 Å². The molecule has 0 aliphatic heterocycles. The van der Waals surface area contributed by atoms with Gasteiger partial charge in [-0.1, -0.05) is 12.1 Å². The van der Waals surface area contributed by atoms with Gasteiger partial charge in [0, 0.05) is 26.6 Å². The first-order chi connectivity index (χ1) is 11.7. The van der Waals surface area contributed by atoms with Crippen LogP contribution in [0.1, 0.15) is 0 Å². The highest BCUT2D eigenvalue weighted by molar-refractivity contribution is 7.62. The summed E-state index contributed by atoms with van der Waals surface area (Å²) in [5, 5.41) is 0.406. The minimum Gasteiger partial charge on any atom is -0.309 e. The van der Waals surface area contributed by atoms with Crippen molar-refractivity contribution in [2.75, 3.05) is 14.2 Å². The first-order valence-corrected chi connectivity index (χ1v) is 8.77. The summed E-state index contributed by atoms with van der Waals surface area (Å²) >= 11 is 0. The molecule has 24 heavy (non-hydrogen) atoms. The standard InChI is InChI=1S/C17H16N3O3P/c1-22-24(21,23-2)13-11-16(14-7-3-5-9-18-14)20-17(12-13)15-8-4-6-10-19-15/h3-12H,1-2H3. The van der Waals surface area contributed by atoms with Gasteiger partial charge < -0.3 is 9.05 Å². The summed E-state index contributed by atoms with van der Waals surface area (Å²) in [7, 11) is -0.718. The summed E-state index contributed by atoms with van der Waals surface area (Å²) in [6.45, 7) is 0. The van der Waals surface area contributed by atoms with E-state index in [-0.39, 0.29) is 0 Å². The molecule has 0 saturated heterocycles. The lowest BCUT2D eigenvalue weighted by Gasteiger charge is -2.15. The maximum absolute atomic E-state index is 12.8. The lowest BCUT2D eigenvalue weighted by molar-refractivity contribution is 0.287. The Kier molecular flexibility index (Phi) is 4.81. The van der Waals surface area contributed by atoms with Gasteiger partial charge in [-0.15, -0.1) is 0 Å². The second-order valence-electron chi connectivity index (χ2n) is 4.89. The number of aromatic nitrogens is 3. The number of hydrogen-bond donors (Lipinski definition) is 0. The van der Waals surface area contributed by atoms with Crippen molar-refractivity contribution in [1.29, 1.82) is 0 Å². The van der Waals surface area contributed by atoms with E-state index in [0.29, 0.717) is 28.1 Å². The van der Waals surface area contributed by atoms with Gasteiger partial charge in [0.2, 0.25) is 0 Å². The van der Waals surface area contributed by atoms with Crippen LogP contribution in [0.3, 0.4) is 0 Å². The predicted octanol–water partition coefficient (Wildman–Crippen LogP) is 3.32. The Labute approximate surface area is 140 Å². The predicted molar refractivity (Wildman–Crippen MR) is 92.0 cm³/mol. The molecule has 6 nitrogen and oxygen atoms in total. The van der Waals surface area contributed by atoms with E-state index in [1.165, 1.54) is 14.2 Å². The van der Waals surface area contributed by atoms with E-state index >= 15 is 0 Å². The Morgan fingerprint density at radius 3 is 1.67 bits per heavy atom. The Morgan fingerprint density at radius 1 is 0.792 bits per heavy atom. The monoisotopic (exact) mass is 341 g/mol. The second-order valence-corrected chi connectivity index (χ2v) is 7.13. The maximum atomic E-state index is 12.8. The first-order valence-electron chi connectivity index (χ1n) is 7.23. The third kappa shape index (κ3) is 3.26. The minimum atomic E-state index is -3.42. The van der Waals surface area contributed by atoms with Crippen molar-refractivity contribution in [3.05, 3.63) is 60.9 Å². The molecule has 3 aromatic rings. The van der Waals surface area contributed by atoms with Crippen LogP contribution in [0.15, 0.2) is 60.9 Å².